The van der Waals surface area contributed by atoms with Gasteiger partial charge in [-0.25, -0.2) is 0 Å². The third-order valence-corrected chi connectivity index (χ3v) is 5.34. The van der Waals surface area contributed by atoms with Crippen molar-refractivity contribution < 1.29 is 4.79 Å². The molecule has 0 N–H and O–H groups in total. The SMILES string of the molecule is Cc1cc(C(=O)N2CCC(Cl)CC2)sc1Br. The first-order valence-corrected chi connectivity index (χ1v) is 7.32. The number of amides is 1. The van der Waals surface area contributed by atoms with Gasteiger partial charge >= 0.3 is 0 Å². The van der Waals surface area contributed by atoms with Crippen LogP contribution in [0.5, 0.6) is 0 Å². The van der Waals surface area contributed by atoms with Gasteiger partial charge in [0.2, 0.25) is 0 Å². The van der Waals surface area contributed by atoms with Gasteiger partial charge in [-0.1, -0.05) is 0 Å². The summed E-state index contributed by atoms with van der Waals surface area (Å²) in [7, 11) is 0. The number of hydrogen-bond donors (Lipinski definition) is 0. The Labute approximate surface area is 113 Å². The summed E-state index contributed by atoms with van der Waals surface area (Å²) in [5.41, 5.74) is 1.13. The molecule has 1 fully saturated rings. The summed E-state index contributed by atoms with van der Waals surface area (Å²) < 4.78 is 1.04. The molecule has 2 nitrogen and oxygen atoms in total. The quantitative estimate of drug-likeness (QED) is 0.723. The Morgan fingerprint density at radius 2 is 2.19 bits per heavy atom. The molecule has 0 radical (unpaired) electrons. The maximum Gasteiger partial charge on any atom is 0.263 e. The molecule has 0 atom stereocenters. The Hall–Kier alpha value is -0.0600. The molecule has 16 heavy (non-hydrogen) atoms. The molecule has 0 aromatic carbocycles. The van der Waals surface area contributed by atoms with E-state index in [9.17, 15) is 4.79 Å². The topological polar surface area (TPSA) is 20.3 Å². The highest BCUT2D eigenvalue weighted by atomic mass is 79.9. The van der Waals surface area contributed by atoms with Gasteiger partial charge in [-0.3, -0.25) is 4.79 Å². The van der Waals surface area contributed by atoms with Crippen molar-refractivity contribution >= 4 is 44.8 Å². The molecule has 0 saturated carbocycles. The fourth-order valence-corrected chi connectivity index (χ4v) is 3.47. The molecule has 1 aromatic heterocycles. The van der Waals surface area contributed by atoms with Gasteiger partial charge in [0.05, 0.1) is 8.66 Å². The summed E-state index contributed by atoms with van der Waals surface area (Å²) in [6.45, 7) is 3.56. The molecule has 2 heterocycles. The lowest BCUT2D eigenvalue weighted by Gasteiger charge is -2.28. The third kappa shape index (κ3) is 2.60. The zero-order chi connectivity index (χ0) is 11.7. The number of carbonyl (C=O) groups excluding carboxylic acids is 1. The van der Waals surface area contributed by atoms with Gasteiger partial charge in [-0.15, -0.1) is 22.9 Å². The van der Waals surface area contributed by atoms with E-state index in [1.54, 1.807) is 0 Å². The summed E-state index contributed by atoms with van der Waals surface area (Å²) in [5, 5.41) is 0.237. The first-order valence-electron chi connectivity index (χ1n) is 5.27. The Balaban J connectivity index is 2.07. The number of alkyl halides is 1. The van der Waals surface area contributed by atoms with Crippen LogP contribution in [0.15, 0.2) is 9.85 Å². The Bertz CT molecular complexity index is 379. The van der Waals surface area contributed by atoms with Gasteiger partial charge in [0, 0.05) is 18.5 Å². The minimum atomic E-state index is 0.141. The minimum absolute atomic E-state index is 0.141. The van der Waals surface area contributed by atoms with Crippen molar-refractivity contribution in [3.8, 4) is 0 Å². The lowest BCUT2D eigenvalue weighted by atomic mass is 10.1. The molecule has 1 amide bonds. The van der Waals surface area contributed by atoms with Crippen LogP contribution in [0.1, 0.15) is 28.1 Å². The number of rotatable bonds is 1. The standard InChI is InChI=1S/C11H13BrClNOS/c1-7-6-9(16-10(7)12)11(15)14-4-2-8(13)3-5-14/h6,8H,2-5H2,1H3. The number of piperidine rings is 1. The van der Waals surface area contributed by atoms with Crippen molar-refractivity contribution in [2.45, 2.75) is 25.1 Å². The van der Waals surface area contributed by atoms with Crippen molar-refractivity contribution in [1.82, 2.24) is 4.90 Å². The average Bonchev–Trinajstić information content (AvgIpc) is 2.59. The van der Waals surface area contributed by atoms with E-state index in [0.29, 0.717) is 0 Å². The monoisotopic (exact) mass is 321 g/mol. The number of likely N-dealkylation sites (tertiary alicyclic amines) is 1. The van der Waals surface area contributed by atoms with Gasteiger partial charge in [0.1, 0.15) is 0 Å². The summed E-state index contributed by atoms with van der Waals surface area (Å²) >= 11 is 11.0. The van der Waals surface area contributed by atoms with Crippen LogP contribution in [-0.4, -0.2) is 29.3 Å². The van der Waals surface area contributed by atoms with Crippen LogP contribution < -0.4 is 0 Å². The first-order chi connectivity index (χ1) is 7.58. The zero-order valence-corrected chi connectivity index (χ0v) is 12.2. The molecule has 5 heteroatoms. The molecule has 0 spiro atoms. The van der Waals surface area contributed by atoms with E-state index < -0.39 is 0 Å². The Morgan fingerprint density at radius 1 is 1.56 bits per heavy atom. The van der Waals surface area contributed by atoms with E-state index in [-0.39, 0.29) is 11.3 Å². The van der Waals surface area contributed by atoms with E-state index in [4.69, 9.17) is 11.6 Å². The molecule has 0 unspecified atom stereocenters. The molecular weight excluding hydrogens is 310 g/mol. The maximum atomic E-state index is 12.1. The van der Waals surface area contributed by atoms with Crippen LogP contribution in [-0.2, 0) is 0 Å². The van der Waals surface area contributed by atoms with Crippen LogP contribution in [0.3, 0.4) is 0 Å². The van der Waals surface area contributed by atoms with Crippen molar-refractivity contribution in [2.75, 3.05) is 13.1 Å². The molecule has 1 aliphatic heterocycles. The Kier molecular flexibility index (Phi) is 3.93. The average molecular weight is 323 g/mol. The fraction of sp³-hybridized carbons (Fsp3) is 0.545. The summed E-state index contributed by atoms with van der Waals surface area (Å²) in [5.74, 6) is 0.141. The summed E-state index contributed by atoms with van der Waals surface area (Å²) in [6, 6.07) is 1.95. The first kappa shape index (κ1) is 12.4. The smallest absolute Gasteiger partial charge is 0.263 e. The maximum absolute atomic E-state index is 12.1. The number of hydrogen-bond acceptors (Lipinski definition) is 2. The van der Waals surface area contributed by atoms with Crippen molar-refractivity contribution in [3.63, 3.8) is 0 Å². The summed E-state index contributed by atoms with van der Waals surface area (Å²) in [4.78, 5) is 14.9. The lowest BCUT2D eigenvalue weighted by molar-refractivity contribution is 0.0731. The van der Waals surface area contributed by atoms with Crippen molar-refractivity contribution in [1.29, 1.82) is 0 Å². The highest BCUT2D eigenvalue weighted by Gasteiger charge is 2.23. The van der Waals surface area contributed by atoms with Crippen LogP contribution in [0.4, 0.5) is 0 Å². The van der Waals surface area contributed by atoms with E-state index in [0.717, 1.165) is 40.2 Å². The normalized spacial score (nSPS) is 17.8. The van der Waals surface area contributed by atoms with Gasteiger partial charge < -0.3 is 4.90 Å². The van der Waals surface area contributed by atoms with Crippen LogP contribution in [0.2, 0.25) is 0 Å². The van der Waals surface area contributed by atoms with Gasteiger partial charge in [0.25, 0.3) is 5.91 Å². The molecule has 88 valence electrons. The predicted molar refractivity (Wildman–Crippen MR) is 71.5 cm³/mol. The minimum Gasteiger partial charge on any atom is -0.338 e. The molecule has 0 bridgehead atoms. The van der Waals surface area contributed by atoms with E-state index in [2.05, 4.69) is 15.9 Å². The second kappa shape index (κ2) is 5.07. The number of thiophene rings is 1. The number of halogens is 2. The summed E-state index contributed by atoms with van der Waals surface area (Å²) in [6.07, 6.45) is 1.80. The molecule has 2 rings (SSSR count). The van der Waals surface area contributed by atoms with Crippen molar-refractivity contribution in [3.05, 3.63) is 20.3 Å². The van der Waals surface area contributed by atoms with Crippen LogP contribution in [0, 0.1) is 6.92 Å². The predicted octanol–water partition coefficient (Wildman–Crippen LogP) is 3.66. The van der Waals surface area contributed by atoms with E-state index in [1.807, 2.05) is 17.9 Å². The van der Waals surface area contributed by atoms with Crippen molar-refractivity contribution in [2.24, 2.45) is 0 Å². The zero-order valence-electron chi connectivity index (χ0n) is 9.00. The second-order valence-corrected chi connectivity index (χ2v) is 7.02. The highest BCUT2D eigenvalue weighted by molar-refractivity contribution is 9.11. The molecule has 1 aliphatic rings. The number of aryl methyl sites for hydroxylation is 1. The lowest BCUT2D eigenvalue weighted by Crippen LogP contribution is -2.38. The van der Waals surface area contributed by atoms with E-state index in [1.165, 1.54) is 11.3 Å². The van der Waals surface area contributed by atoms with Crippen LogP contribution >= 0.6 is 38.9 Å². The fourth-order valence-electron chi connectivity index (χ4n) is 1.77. The number of nitrogens with zero attached hydrogens (tertiary/aromatic N) is 1. The molecule has 1 saturated heterocycles. The number of carbonyl (C=O) groups is 1. The second-order valence-electron chi connectivity index (χ2n) is 4.03. The van der Waals surface area contributed by atoms with Gasteiger partial charge in [0.15, 0.2) is 0 Å². The molecule has 0 aliphatic carbocycles. The van der Waals surface area contributed by atoms with Gasteiger partial charge in [-0.2, -0.15) is 0 Å². The Morgan fingerprint density at radius 3 is 2.69 bits per heavy atom. The van der Waals surface area contributed by atoms with E-state index >= 15 is 0 Å². The molecular formula is C11H13BrClNOS. The van der Waals surface area contributed by atoms with Gasteiger partial charge in [-0.05, 0) is 47.3 Å². The molecule has 1 aromatic rings. The largest absolute Gasteiger partial charge is 0.338 e. The highest BCUT2D eigenvalue weighted by Crippen LogP contribution is 2.29. The third-order valence-electron chi connectivity index (χ3n) is 2.78. The van der Waals surface area contributed by atoms with Crippen LogP contribution in [0.25, 0.3) is 0 Å².